The first kappa shape index (κ1) is 28.7. The second-order valence-corrected chi connectivity index (χ2v) is 14.2. The molecule has 37 heavy (non-hydrogen) atoms. The molecule has 206 valence electrons. The topological polar surface area (TPSA) is 0 Å². The van der Waals surface area contributed by atoms with Crippen molar-refractivity contribution in [3.05, 3.63) is 59.8 Å². The van der Waals surface area contributed by atoms with Crippen LogP contribution in [-0.4, -0.2) is 0 Å². The minimum atomic E-state index is 0.417. The summed E-state index contributed by atoms with van der Waals surface area (Å²) in [6.45, 7) is 23.6. The van der Waals surface area contributed by atoms with Crippen LogP contribution in [-0.2, 0) is 0 Å². The van der Waals surface area contributed by atoms with E-state index < -0.39 is 0 Å². The summed E-state index contributed by atoms with van der Waals surface area (Å²) in [6, 6.07) is 0. The Morgan fingerprint density at radius 1 is 1.00 bits per heavy atom. The minimum Gasteiger partial charge on any atom is -0.0993 e. The normalized spacial score (nSPS) is 36.0. The molecular weight excluding hydrogens is 444 g/mol. The molecule has 7 unspecified atom stereocenters. The minimum absolute atomic E-state index is 0.417. The summed E-state index contributed by atoms with van der Waals surface area (Å²) in [4.78, 5) is 0. The van der Waals surface area contributed by atoms with Gasteiger partial charge in [-0.15, -0.1) is 0 Å². The Morgan fingerprint density at radius 3 is 2.35 bits per heavy atom. The van der Waals surface area contributed by atoms with E-state index in [1.54, 1.807) is 16.7 Å². The van der Waals surface area contributed by atoms with Gasteiger partial charge in [-0.05, 0) is 117 Å². The Balaban J connectivity index is 1.40. The number of allylic oxidation sites excluding steroid dienone is 8. The Hall–Kier alpha value is -1.30. The smallest absolute Gasteiger partial charge is 0.00301 e. The largest absolute Gasteiger partial charge is 0.0993 e. The SMILES string of the molecule is C=C1C(C)CC(=CC=C2CCCC3(C)C2CCC3C(C)C=CC(C)C2(C(=C)CCCCC)CC2)CC1C. The second kappa shape index (κ2) is 11.8. The first-order chi connectivity index (χ1) is 17.6. The molecule has 0 nitrogen and oxygen atoms in total. The van der Waals surface area contributed by atoms with E-state index in [2.05, 4.69) is 79.0 Å². The molecule has 7 atom stereocenters. The van der Waals surface area contributed by atoms with E-state index in [1.165, 1.54) is 89.0 Å². The first-order valence-corrected chi connectivity index (χ1v) is 16.1. The van der Waals surface area contributed by atoms with Crippen LogP contribution < -0.4 is 0 Å². The first-order valence-electron chi connectivity index (χ1n) is 16.1. The van der Waals surface area contributed by atoms with Crippen LogP contribution in [0.15, 0.2) is 59.8 Å². The van der Waals surface area contributed by atoms with Crippen molar-refractivity contribution >= 4 is 0 Å². The molecule has 0 aromatic rings. The van der Waals surface area contributed by atoms with Gasteiger partial charge in [-0.3, -0.25) is 0 Å². The van der Waals surface area contributed by atoms with Gasteiger partial charge >= 0.3 is 0 Å². The lowest BCUT2D eigenvalue weighted by atomic mass is 9.61. The molecule has 0 aromatic heterocycles. The molecule has 4 aliphatic rings. The molecule has 0 heterocycles. The fourth-order valence-corrected chi connectivity index (χ4v) is 8.89. The average Bonchev–Trinajstić information content (AvgIpc) is 3.60. The fraction of sp³-hybridized carbons (Fsp3) is 0.730. The molecule has 0 saturated heterocycles. The molecule has 0 aromatic carbocycles. The highest BCUT2D eigenvalue weighted by molar-refractivity contribution is 5.29. The van der Waals surface area contributed by atoms with Crippen LogP contribution in [0.5, 0.6) is 0 Å². The van der Waals surface area contributed by atoms with E-state index in [-0.39, 0.29) is 0 Å². The zero-order chi connectivity index (χ0) is 26.8. The zero-order valence-corrected chi connectivity index (χ0v) is 25.4. The van der Waals surface area contributed by atoms with Gasteiger partial charge in [0.2, 0.25) is 0 Å². The third kappa shape index (κ3) is 5.99. The van der Waals surface area contributed by atoms with E-state index in [1.807, 2.05) is 0 Å². The molecule has 4 rings (SSSR count). The van der Waals surface area contributed by atoms with Crippen molar-refractivity contribution < 1.29 is 0 Å². The van der Waals surface area contributed by atoms with Crippen molar-refractivity contribution in [1.29, 1.82) is 0 Å². The van der Waals surface area contributed by atoms with Crippen molar-refractivity contribution in [2.24, 2.45) is 46.3 Å². The van der Waals surface area contributed by atoms with Gasteiger partial charge in [-0.2, -0.15) is 0 Å². The van der Waals surface area contributed by atoms with Crippen molar-refractivity contribution in [2.75, 3.05) is 0 Å². The lowest BCUT2D eigenvalue weighted by Gasteiger charge is -2.44. The van der Waals surface area contributed by atoms with Crippen LogP contribution >= 0.6 is 0 Å². The van der Waals surface area contributed by atoms with Crippen LogP contribution in [0.3, 0.4) is 0 Å². The molecule has 4 aliphatic carbocycles. The van der Waals surface area contributed by atoms with Gasteiger partial charge in [0.05, 0.1) is 0 Å². The van der Waals surface area contributed by atoms with Crippen LogP contribution in [0.4, 0.5) is 0 Å². The summed E-state index contributed by atoms with van der Waals surface area (Å²) < 4.78 is 0. The molecule has 4 saturated carbocycles. The monoisotopic (exact) mass is 502 g/mol. The van der Waals surface area contributed by atoms with Crippen molar-refractivity contribution in [3.8, 4) is 0 Å². The summed E-state index contributed by atoms with van der Waals surface area (Å²) in [5.74, 6) is 4.19. The van der Waals surface area contributed by atoms with Gasteiger partial charge in [0.25, 0.3) is 0 Å². The number of hydrogen-bond donors (Lipinski definition) is 0. The average molecular weight is 503 g/mol. The lowest BCUT2D eigenvalue weighted by Crippen LogP contribution is -2.35. The summed E-state index contributed by atoms with van der Waals surface area (Å²) in [5, 5.41) is 0. The van der Waals surface area contributed by atoms with Crippen LogP contribution in [0.25, 0.3) is 0 Å². The predicted molar refractivity (Wildman–Crippen MR) is 163 cm³/mol. The highest BCUT2D eigenvalue weighted by Crippen LogP contribution is 2.61. The molecule has 0 amide bonds. The lowest BCUT2D eigenvalue weighted by molar-refractivity contribution is 0.112. The summed E-state index contributed by atoms with van der Waals surface area (Å²) in [7, 11) is 0. The molecule has 4 fully saturated rings. The van der Waals surface area contributed by atoms with E-state index in [0.29, 0.717) is 34.5 Å². The van der Waals surface area contributed by atoms with Gasteiger partial charge in [0, 0.05) is 0 Å². The van der Waals surface area contributed by atoms with Crippen LogP contribution in [0.2, 0.25) is 0 Å². The van der Waals surface area contributed by atoms with E-state index in [9.17, 15) is 0 Å². The Bertz CT molecular complexity index is 904. The number of rotatable bonds is 10. The standard InChI is InChI=1S/C37H58/c1-9-10-11-13-29(5)37(22-23-37)30(6)16-15-26(2)34-19-20-35-33(14-12-21-36(34,35)8)18-17-32-24-27(3)31(7)28(4)25-32/h15-18,26-28,30,34-35H,5,7,9-14,19-25H2,1-4,6,8H3. The summed E-state index contributed by atoms with van der Waals surface area (Å²) >= 11 is 0. The molecule has 0 aliphatic heterocycles. The quantitative estimate of drug-likeness (QED) is 0.206. The number of fused-ring (bicyclic) bond motifs is 1. The third-order valence-corrected chi connectivity index (χ3v) is 11.8. The van der Waals surface area contributed by atoms with Gasteiger partial charge in [-0.1, -0.05) is 114 Å². The molecule has 0 heteroatoms. The van der Waals surface area contributed by atoms with Crippen LogP contribution in [0, 0.1) is 46.3 Å². The van der Waals surface area contributed by atoms with E-state index >= 15 is 0 Å². The van der Waals surface area contributed by atoms with E-state index in [4.69, 9.17) is 0 Å². The maximum absolute atomic E-state index is 4.57. The fourth-order valence-electron chi connectivity index (χ4n) is 8.89. The van der Waals surface area contributed by atoms with E-state index in [0.717, 1.165) is 11.8 Å². The number of unbranched alkanes of at least 4 members (excludes halogenated alkanes) is 2. The Labute approximate surface area is 230 Å². The van der Waals surface area contributed by atoms with Gasteiger partial charge in [-0.25, -0.2) is 0 Å². The Kier molecular flexibility index (Phi) is 9.18. The zero-order valence-electron chi connectivity index (χ0n) is 25.4. The highest BCUT2D eigenvalue weighted by Gasteiger charge is 2.51. The highest BCUT2D eigenvalue weighted by atomic mass is 14.6. The Morgan fingerprint density at radius 2 is 1.70 bits per heavy atom. The number of hydrogen-bond acceptors (Lipinski definition) is 0. The summed E-state index contributed by atoms with van der Waals surface area (Å²) in [6.07, 6.45) is 27.6. The van der Waals surface area contributed by atoms with Crippen LogP contribution in [0.1, 0.15) is 125 Å². The summed E-state index contributed by atoms with van der Waals surface area (Å²) in [5.41, 5.74) is 7.30. The molecule has 0 N–H and O–H groups in total. The van der Waals surface area contributed by atoms with Crippen molar-refractivity contribution in [3.63, 3.8) is 0 Å². The molecule has 0 radical (unpaired) electrons. The van der Waals surface area contributed by atoms with Gasteiger partial charge < -0.3 is 0 Å². The van der Waals surface area contributed by atoms with Crippen molar-refractivity contribution in [2.45, 2.75) is 125 Å². The second-order valence-electron chi connectivity index (χ2n) is 14.2. The third-order valence-electron chi connectivity index (χ3n) is 11.8. The molecule has 0 spiro atoms. The maximum Gasteiger partial charge on any atom is -0.00301 e. The van der Waals surface area contributed by atoms with Crippen molar-refractivity contribution in [1.82, 2.24) is 0 Å². The van der Waals surface area contributed by atoms with Gasteiger partial charge in [0.1, 0.15) is 0 Å². The predicted octanol–water partition coefficient (Wildman–Crippen LogP) is 11.4. The van der Waals surface area contributed by atoms with Gasteiger partial charge in [0.15, 0.2) is 0 Å². The molecular formula is C37H58. The molecule has 0 bridgehead atoms. The maximum atomic E-state index is 4.57.